The maximum Gasteiger partial charge on any atom is 0.416 e. The first-order chi connectivity index (χ1) is 13.7. The van der Waals surface area contributed by atoms with E-state index in [0.29, 0.717) is 0 Å². The molecule has 2 nitrogen and oxygen atoms in total. The largest absolute Gasteiger partial charge is 0.416 e. The van der Waals surface area contributed by atoms with Crippen molar-refractivity contribution in [2.24, 2.45) is 0 Å². The third kappa shape index (κ3) is 4.59. The average molecular weight is 409 g/mol. The Labute approximate surface area is 161 Å². The van der Waals surface area contributed by atoms with E-state index < -0.39 is 40.7 Å². The highest BCUT2D eigenvalue weighted by Gasteiger charge is 2.33. The standard InChI is InChI=1S/C21H13F6NO/c22-16-6-3-7-17(23)19(16)20(29)28-14-9-8-13(18(24)11-14)10-12-4-1-2-5-15(12)21(25,26)27/h1-9,11H,10H2,(H,28,29). The van der Waals surface area contributed by atoms with Crippen LogP contribution in [0.4, 0.5) is 32.0 Å². The molecule has 0 fully saturated rings. The van der Waals surface area contributed by atoms with E-state index in [1.54, 1.807) is 0 Å². The third-order valence-corrected chi connectivity index (χ3v) is 4.20. The van der Waals surface area contributed by atoms with E-state index in [-0.39, 0.29) is 23.2 Å². The molecule has 29 heavy (non-hydrogen) atoms. The molecule has 3 aromatic rings. The van der Waals surface area contributed by atoms with Gasteiger partial charge >= 0.3 is 6.18 Å². The number of benzene rings is 3. The summed E-state index contributed by atoms with van der Waals surface area (Å²) in [6.45, 7) is 0. The van der Waals surface area contributed by atoms with Crippen molar-refractivity contribution in [3.05, 3.63) is 100 Å². The number of alkyl halides is 3. The van der Waals surface area contributed by atoms with Gasteiger partial charge < -0.3 is 5.32 Å². The molecule has 0 heterocycles. The van der Waals surface area contributed by atoms with Gasteiger partial charge in [0, 0.05) is 12.1 Å². The molecule has 0 aromatic heterocycles. The van der Waals surface area contributed by atoms with Crippen LogP contribution in [0, 0.1) is 17.5 Å². The Balaban J connectivity index is 1.82. The van der Waals surface area contributed by atoms with Crippen LogP contribution in [0.1, 0.15) is 27.0 Å². The van der Waals surface area contributed by atoms with Crippen LogP contribution < -0.4 is 5.32 Å². The molecule has 1 amide bonds. The normalized spacial score (nSPS) is 11.4. The topological polar surface area (TPSA) is 29.1 Å². The second-order valence-electron chi connectivity index (χ2n) is 6.19. The number of carbonyl (C=O) groups is 1. The van der Waals surface area contributed by atoms with Crippen molar-refractivity contribution in [1.29, 1.82) is 0 Å². The molecule has 3 aromatic carbocycles. The zero-order valence-electron chi connectivity index (χ0n) is 14.7. The SMILES string of the molecule is O=C(Nc1ccc(Cc2ccccc2C(F)(F)F)c(F)c1)c1c(F)cccc1F. The number of nitrogens with one attached hydrogen (secondary N) is 1. The monoisotopic (exact) mass is 409 g/mol. The zero-order valence-corrected chi connectivity index (χ0v) is 14.7. The van der Waals surface area contributed by atoms with Crippen LogP contribution in [0.15, 0.2) is 60.7 Å². The van der Waals surface area contributed by atoms with E-state index in [2.05, 4.69) is 5.32 Å². The van der Waals surface area contributed by atoms with Gasteiger partial charge in [0.25, 0.3) is 5.91 Å². The van der Waals surface area contributed by atoms with Gasteiger partial charge in [-0.2, -0.15) is 13.2 Å². The number of halogens is 6. The lowest BCUT2D eigenvalue weighted by Gasteiger charge is -2.13. The summed E-state index contributed by atoms with van der Waals surface area (Å²) in [6.07, 6.45) is -4.90. The van der Waals surface area contributed by atoms with Crippen molar-refractivity contribution in [3.8, 4) is 0 Å². The molecule has 150 valence electrons. The molecule has 0 spiro atoms. The van der Waals surface area contributed by atoms with Crippen LogP contribution in [0.25, 0.3) is 0 Å². The van der Waals surface area contributed by atoms with Crippen molar-refractivity contribution in [2.75, 3.05) is 5.32 Å². The first-order valence-electron chi connectivity index (χ1n) is 8.35. The van der Waals surface area contributed by atoms with Gasteiger partial charge in [0.15, 0.2) is 0 Å². The predicted octanol–water partition coefficient (Wildman–Crippen LogP) is 5.97. The van der Waals surface area contributed by atoms with E-state index in [1.807, 2.05) is 0 Å². The molecular formula is C21H13F6NO. The minimum atomic E-state index is -4.58. The Morgan fingerprint density at radius 3 is 2.07 bits per heavy atom. The van der Waals surface area contributed by atoms with Crippen LogP contribution in [-0.2, 0) is 12.6 Å². The van der Waals surface area contributed by atoms with Crippen LogP contribution >= 0.6 is 0 Å². The Kier molecular flexibility index (Phi) is 5.63. The molecule has 0 atom stereocenters. The maximum atomic E-state index is 14.4. The fourth-order valence-corrected chi connectivity index (χ4v) is 2.83. The Morgan fingerprint density at radius 1 is 0.793 bits per heavy atom. The second kappa shape index (κ2) is 7.98. The first kappa shape index (κ1) is 20.4. The zero-order chi connectivity index (χ0) is 21.2. The molecule has 0 radical (unpaired) electrons. The van der Waals surface area contributed by atoms with Gasteiger partial charge in [-0.3, -0.25) is 4.79 Å². The van der Waals surface area contributed by atoms with Crippen LogP contribution in [0.3, 0.4) is 0 Å². The van der Waals surface area contributed by atoms with Crippen molar-refractivity contribution >= 4 is 11.6 Å². The van der Waals surface area contributed by atoms with Crippen molar-refractivity contribution < 1.29 is 31.1 Å². The summed E-state index contributed by atoms with van der Waals surface area (Å²) in [5.74, 6) is -4.14. The summed E-state index contributed by atoms with van der Waals surface area (Å²) in [6, 6.07) is 11.0. The van der Waals surface area contributed by atoms with Gasteiger partial charge in [0.05, 0.1) is 5.56 Å². The fraction of sp³-hybridized carbons (Fsp3) is 0.0952. The molecule has 3 rings (SSSR count). The molecule has 0 aliphatic carbocycles. The Bertz CT molecular complexity index is 1040. The maximum absolute atomic E-state index is 14.4. The Hall–Kier alpha value is -3.29. The van der Waals surface area contributed by atoms with Gasteiger partial charge in [-0.1, -0.05) is 30.3 Å². The van der Waals surface area contributed by atoms with E-state index in [1.165, 1.54) is 30.3 Å². The number of rotatable bonds is 4. The van der Waals surface area contributed by atoms with Crippen LogP contribution in [0.5, 0.6) is 0 Å². The minimum absolute atomic E-state index is 0.0308. The van der Waals surface area contributed by atoms with Gasteiger partial charge in [0.1, 0.15) is 23.0 Å². The highest BCUT2D eigenvalue weighted by molar-refractivity contribution is 6.04. The van der Waals surface area contributed by atoms with Gasteiger partial charge in [0.2, 0.25) is 0 Å². The number of amides is 1. The molecule has 0 saturated heterocycles. The number of hydrogen-bond acceptors (Lipinski definition) is 1. The first-order valence-corrected chi connectivity index (χ1v) is 8.35. The van der Waals surface area contributed by atoms with E-state index in [9.17, 15) is 31.1 Å². The molecule has 0 unspecified atom stereocenters. The van der Waals surface area contributed by atoms with E-state index >= 15 is 0 Å². The highest BCUT2D eigenvalue weighted by Crippen LogP contribution is 2.33. The number of carbonyl (C=O) groups excluding carboxylic acids is 1. The lowest BCUT2D eigenvalue weighted by molar-refractivity contribution is -0.138. The summed E-state index contributed by atoms with van der Waals surface area (Å²) in [4.78, 5) is 12.1. The predicted molar refractivity (Wildman–Crippen MR) is 95.0 cm³/mol. The third-order valence-electron chi connectivity index (χ3n) is 4.20. The Morgan fingerprint density at radius 2 is 1.45 bits per heavy atom. The summed E-state index contributed by atoms with van der Waals surface area (Å²) in [5, 5.41) is 2.17. The molecule has 0 aliphatic heterocycles. The number of hydrogen-bond donors (Lipinski definition) is 1. The lowest BCUT2D eigenvalue weighted by Crippen LogP contribution is -2.16. The van der Waals surface area contributed by atoms with Crippen LogP contribution in [0.2, 0.25) is 0 Å². The van der Waals surface area contributed by atoms with E-state index in [4.69, 9.17) is 0 Å². The number of anilines is 1. The summed E-state index contributed by atoms with van der Waals surface area (Å²) in [5.41, 5.74) is -1.92. The quantitative estimate of drug-likeness (QED) is 0.529. The van der Waals surface area contributed by atoms with E-state index in [0.717, 1.165) is 30.3 Å². The molecule has 1 N–H and O–H groups in total. The summed E-state index contributed by atoms with van der Waals surface area (Å²) < 4.78 is 81.0. The van der Waals surface area contributed by atoms with Crippen molar-refractivity contribution in [3.63, 3.8) is 0 Å². The highest BCUT2D eigenvalue weighted by atomic mass is 19.4. The molecule has 0 aliphatic rings. The van der Waals surface area contributed by atoms with Gasteiger partial charge in [-0.05, 0) is 41.5 Å². The van der Waals surface area contributed by atoms with Gasteiger partial charge in [-0.25, -0.2) is 13.2 Å². The van der Waals surface area contributed by atoms with Gasteiger partial charge in [-0.15, -0.1) is 0 Å². The molecule has 8 heteroatoms. The molecular weight excluding hydrogens is 396 g/mol. The smallest absolute Gasteiger partial charge is 0.322 e. The molecule has 0 saturated carbocycles. The van der Waals surface area contributed by atoms with Crippen molar-refractivity contribution in [1.82, 2.24) is 0 Å². The molecule has 0 bridgehead atoms. The lowest BCUT2D eigenvalue weighted by atomic mass is 9.99. The minimum Gasteiger partial charge on any atom is -0.322 e. The fourth-order valence-electron chi connectivity index (χ4n) is 2.83. The second-order valence-corrected chi connectivity index (χ2v) is 6.19. The van der Waals surface area contributed by atoms with Crippen LogP contribution in [-0.4, -0.2) is 5.91 Å². The summed E-state index contributed by atoms with van der Waals surface area (Å²) >= 11 is 0. The average Bonchev–Trinajstić information content (AvgIpc) is 2.63. The van der Waals surface area contributed by atoms with Crippen molar-refractivity contribution in [2.45, 2.75) is 12.6 Å². The summed E-state index contributed by atoms with van der Waals surface area (Å²) in [7, 11) is 0.